The number of hydrogen-bond acceptors (Lipinski definition) is 4. The van der Waals surface area contributed by atoms with Gasteiger partial charge in [0.1, 0.15) is 0 Å². The second-order valence-corrected chi connectivity index (χ2v) is 8.75. The van der Waals surface area contributed by atoms with Gasteiger partial charge in [-0.25, -0.2) is 0 Å². The number of rotatable bonds is 3. The number of nitrogens with two attached hydrogens (primary N) is 1. The second kappa shape index (κ2) is 7.50. The minimum absolute atomic E-state index is 0.00457. The van der Waals surface area contributed by atoms with Crippen LogP contribution in [0.15, 0.2) is 48.7 Å². The zero-order valence-corrected chi connectivity index (χ0v) is 17.8. The van der Waals surface area contributed by atoms with Crippen LogP contribution in [-0.2, 0) is 11.8 Å². The molecule has 0 radical (unpaired) electrons. The maximum absolute atomic E-state index is 13.0. The van der Waals surface area contributed by atoms with Crippen LogP contribution in [0.3, 0.4) is 0 Å². The van der Waals surface area contributed by atoms with Crippen molar-refractivity contribution < 1.29 is 9.59 Å². The topological polar surface area (TPSA) is 84.5 Å². The fourth-order valence-electron chi connectivity index (χ4n) is 4.51. The largest absolute Gasteiger partial charge is 0.338 e. The van der Waals surface area contributed by atoms with Gasteiger partial charge in [-0.2, -0.15) is 5.10 Å². The summed E-state index contributed by atoms with van der Waals surface area (Å²) in [6, 6.07) is 13.9. The van der Waals surface area contributed by atoms with Gasteiger partial charge >= 0.3 is 0 Å². The molecule has 1 aromatic heterocycles. The van der Waals surface area contributed by atoms with Crippen LogP contribution >= 0.6 is 0 Å². The quantitative estimate of drug-likeness (QED) is 0.709. The lowest BCUT2D eigenvalue weighted by atomic mass is 9.76. The fraction of sp³-hybridized carbons (Fsp3) is 0.375. The van der Waals surface area contributed by atoms with E-state index in [0.717, 1.165) is 41.3 Å². The molecule has 31 heavy (non-hydrogen) atoms. The Morgan fingerprint density at radius 1 is 0.935 bits per heavy atom. The lowest BCUT2D eigenvalue weighted by molar-refractivity contribution is -0.141. The molecule has 2 aromatic carbocycles. The van der Waals surface area contributed by atoms with E-state index < -0.39 is 5.54 Å². The monoisotopic (exact) mass is 417 g/mol. The molecule has 160 valence electrons. The first-order valence-electron chi connectivity index (χ1n) is 10.8. The molecule has 2 aliphatic rings. The van der Waals surface area contributed by atoms with E-state index in [1.54, 1.807) is 0 Å². The molecule has 1 aliphatic heterocycles. The van der Waals surface area contributed by atoms with Gasteiger partial charge in [0.25, 0.3) is 5.91 Å². The zero-order valence-electron chi connectivity index (χ0n) is 17.8. The van der Waals surface area contributed by atoms with Gasteiger partial charge in [0.2, 0.25) is 5.91 Å². The molecule has 0 atom stereocenters. The third-order valence-corrected chi connectivity index (χ3v) is 6.61. The molecule has 1 aliphatic carbocycles. The highest BCUT2D eigenvalue weighted by Gasteiger charge is 2.43. The van der Waals surface area contributed by atoms with Crippen LogP contribution in [0.4, 0.5) is 0 Å². The summed E-state index contributed by atoms with van der Waals surface area (Å²) < 4.78 is 1.81. The Balaban J connectivity index is 1.24. The summed E-state index contributed by atoms with van der Waals surface area (Å²) in [6.45, 7) is 2.18. The van der Waals surface area contributed by atoms with Gasteiger partial charge in [-0.1, -0.05) is 24.3 Å². The Hall–Kier alpha value is -3.19. The van der Waals surface area contributed by atoms with Gasteiger partial charge in [0, 0.05) is 50.4 Å². The second-order valence-electron chi connectivity index (χ2n) is 8.75. The molecule has 2 fully saturated rings. The normalized spacial score (nSPS) is 18.1. The van der Waals surface area contributed by atoms with Crippen LogP contribution < -0.4 is 5.73 Å². The summed E-state index contributed by atoms with van der Waals surface area (Å²) in [5.74, 6) is 0.0463. The van der Waals surface area contributed by atoms with Gasteiger partial charge in [0.05, 0.1) is 11.1 Å². The third-order valence-electron chi connectivity index (χ3n) is 6.61. The predicted octanol–water partition coefficient (Wildman–Crippen LogP) is 2.41. The lowest BCUT2D eigenvalue weighted by Gasteiger charge is -2.43. The van der Waals surface area contributed by atoms with Crippen molar-refractivity contribution >= 4 is 22.7 Å². The van der Waals surface area contributed by atoms with Crippen molar-refractivity contribution in [3.8, 4) is 11.1 Å². The van der Waals surface area contributed by atoms with Gasteiger partial charge in [-0.3, -0.25) is 14.3 Å². The van der Waals surface area contributed by atoms with Gasteiger partial charge in [-0.05, 0) is 48.6 Å². The minimum Gasteiger partial charge on any atom is -0.338 e. The van der Waals surface area contributed by atoms with Crippen LogP contribution in [-0.4, -0.2) is 63.1 Å². The smallest absolute Gasteiger partial charge is 0.253 e. The fourth-order valence-corrected chi connectivity index (χ4v) is 4.51. The molecule has 0 bridgehead atoms. The summed E-state index contributed by atoms with van der Waals surface area (Å²) >= 11 is 0. The van der Waals surface area contributed by atoms with Crippen molar-refractivity contribution in [2.75, 3.05) is 26.2 Å². The molecule has 7 nitrogen and oxygen atoms in total. The van der Waals surface area contributed by atoms with Crippen molar-refractivity contribution in [2.45, 2.75) is 24.8 Å². The van der Waals surface area contributed by atoms with Crippen LogP contribution in [0, 0.1) is 0 Å². The zero-order chi connectivity index (χ0) is 21.6. The van der Waals surface area contributed by atoms with E-state index in [-0.39, 0.29) is 11.8 Å². The van der Waals surface area contributed by atoms with Crippen LogP contribution in [0.2, 0.25) is 0 Å². The van der Waals surface area contributed by atoms with E-state index in [1.165, 1.54) is 0 Å². The van der Waals surface area contributed by atoms with Crippen molar-refractivity contribution in [2.24, 2.45) is 12.8 Å². The number of carbonyl (C=O) groups excluding carboxylic acids is 2. The molecule has 7 heteroatoms. The van der Waals surface area contributed by atoms with Crippen molar-refractivity contribution in [1.29, 1.82) is 0 Å². The third kappa shape index (κ3) is 3.59. The maximum atomic E-state index is 13.0. The summed E-state index contributed by atoms with van der Waals surface area (Å²) in [5, 5.41) is 5.57. The SMILES string of the molecule is Cn1cc2ccc(-c3ccc(C(=O)N4CCN(C(=O)C5(N)CCC5)CC4)cc3)cc2n1. The van der Waals surface area contributed by atoms with E-state index in [4.69, 9.17) is 5.73 Å². The highest BCUT2D eigenvalue weighted by atomic mass is 16.2. The summed E-state index contributed by atoms with van der Waals surface area (Å²) in [5.41, 5.74) is 9.25. The van der Waals surface area contributed by atoms with Crippen molar-refractivity contribution in [1.82, 2.24) is 19.6 Å². The number of fused-ring (bicyclic) bond motifs is 1. The molecule has 2 heterocycles. The minimum atomic E-state index is -0.666. The number of benzene rings is 2. The first-order chi connectivity index (χ1) is 14.9. The van der Waals surface area contributed by atoms with Gasteiger partial charge in [0.15, 0.2) is 0 Å². The average molecular weight is 418 g/mol. The van der Waals surface area contributed by atoms with E-state index >= 15 is 0 Å². The Labute approximate surface area is 181 Å². The highest BCUT2D eigenvalue weighted by molar-refractivity contribution is 5.95. The summed E-state index contributed by atoms with van der Waals surface area (Å²) in [6.07, 6.45) is 4.55. The van der Waals surface area contributed by atoms with Crippen LogP contribution in [0.25, 0.3) is 22.0 Å². The maximum Gasteiger partial charge on any atom is 0.253 e. The number of hydrogen-bond donors (Lipinski definition) is 1. The average Bonchev–Trinajstić information content (AvgIpc) is 3.16. The molecular formula is C24H27N5O2. The Bertz CT molecular complexity index is 1140. The molecule has 0 unspecified atom stereocenters. The Morgan fingerprint density at radius 3 is 2.23 bits per heavy atom. The molecule has 3 aromatic rings. The number of piperazine rings is 1. The molecule has 5 rings (SSSR count). The standard InChI is InChI=1S/C24H27N5O2/c1-27-16-20-8-7-19(15-21(20)26-27)17-3-5-18(6-4-17)22(30)28-11-13-29(14-12-28)23(31)24(25)9-2-10-24/h3-8,15-16H,2,9-14,25H2,1H3. The molecular weight excluding hydrogens is 390 g/mol. The number of nitrogens with zero attached hydrogens (tertiary/aromatic N) is 4. The highest BCUT2D eigenvalue weighted by Crippen LogP contribution is 2.31. The number of aryl methyl sites for hydroxylation is 1. The van der Waals surface area contributed by atoms with E-state index in [9.17, 15) is 9.59 Å². The van der Waals surface area contributed by atoms with E-state index in [1.807, 2.05) is 52.0 Å². The summed E-state index contributed by atoms with van der Waals surface area (Å²) in [7, 11) is 1.91. The molecule has 2 amide bonds. The van der Waals surface area contributed by atoms with E-state index in [2.05, 4.69) is 23.3 Å². The van der Waals surface area contributed by atoms with Gasteiger partial charge < -0.3 is 15.5 Å². The van der Waals surface area contributed by atoms with Gasteiger partial charge in [-0.15, -0.1) is 0 Å². The van der Waals surface area contributed by atoms with Crippen molar-refractivity contribution in [3.05, 3.63) is 54.2 Å². The first kappa shape index (κ1) is 19.8. The van der Waals surface area contributed by atoms with Crippen LogP contribution in [0.1, 0.15) is 29.6 Å². The molecule has 2 N–H and O–H groups in total. The Kier molecular flexibility index (Phi) is 4.78. The predicted molar refractivity (Wildman–Crippen MR) is 119 cm³/mol. The Morgan fingerprint density at radius 2 is 1.58 bits per heavy atom. The van der Waals surface area contributed by atoms with E-state index in [0.29, 0.717) is 31.7 Å². The number of amides is 2. The van der Waals surface area contributed by atoms with Crippen molar-refractivity contribution in [3.63, 3.8) is 0 Å². The van der Waals surface area contributed by atoms with Crippen LogP contribution in [0.5, 0.6) is 0 Å². The number of carbonyl (C=O) groups is 2. The first-order valence-corrected chi connectivity index (χ1v) is 10.8. The molecule has 1 saturated heterocycles. The summed E-state index contributed by atoms with van der Waals surface area (Å²) in [4.78, 5) is 29.2. The molecule has 0 spiro atoms. The number of aromatic nitrogens is 2. The lowest BCUT2D eigenvalue weighted by Crippen LogP contribution is -2.62. The molecule has 1 saturated carbocycles.